The fourth-order valence-corrected chi connectivity index (χ4v) is 13.3. The molecule has 4 atom stereocenters. The average molecular weight is 1570 g/mol. The van der Waals surface area contributed by atoms with Crippen molar-refractivity contribution in [2.24, 2.45) is 25.8 Å². The first-order chi connectivity index (χ1) is 56.0. The largest absolute Gasteiger partial charge is 0.491 e. The molecule has 6 heterocycles. The van der Waals surface area contributed by atoms with Gasteiger partial charge < -0.3 is 77.1 Å². The Bertz CT molecular complexity index is 5400. The van der Waals surface area contributed by atoms with Crippen molar-refractivity contribution in [3.8, 4) is 11.5 Å². The Morgan fingerprint density at radius 1 is 0.500 bits per heavy atom. The molecule has 13 rings (SSSR count). The molecule has 6 aromatic carbocycles. The number of anilines is 9. The molecule has 4 aliphatic rings. The van der Waals surface area contributed by atoms with E-state index in [1.54, 1.807) is 186 Å². The second kappa shape index (κ2) is 34.7. The minimum atomic E-state index is -4.22. The molecule has 592 valence electrons. The Kier molecular flexibility index (Phi) is 23.8. The van der Waals surface area contributed by atoms with Gasteiger partial charge in [0.1, 0.15) is 31.3 Å². The van der Waals surface area contributed by atoms with Gasteiger partial charge in [0.15, 0.2) is 11.6 Å². The Morgan fingerprint density at radius 2 is 0.888 bits per heavy atom. The third-order valence-electron chi connectivity index (χ3n) is 20.1. The van der Waals surface area contributed by atoms with Crippen LogP contribution in [0.5, 0.6) is 11.5 Å². The van der Waals surface area contributed by atoms with Gasteiger partial charge in [0, 0.05) is 78.2 Å². The highest BCUT2D eigenvalue weighted by atomic mass is 19.3. The zero-order valence-electron chi connectivity index (χ0n) is 63.2. The maximum atomic E-state index is 15.4. The van der Waals surface area contributed by atoms with Crippen molar-refractivity contribution in [1.82, 2.24) is 30.9 Å². The van der Waals surface area contributed by atoms with Crippen molar-refractivity contribution >= 4 is 121 Å². The first-order valence-electron chi connectivity index (χ1n) is 36.8. The van der Waals surface area contributed by atoms with Gasteiger partial charge in [-0.25, -0.2) is 29.4 Å². The van der Waals surface area contributed by atoms with Crippen molar-refractivity contribution in [1.29, 1.82) is 0 Å². The highest BCUT2D eigenvalue weighted by molar-refractivity contribution is 6.23. The number of aliphatic imine (C=N–C) groups is 3. The molecule has 32 heteroatoms. The predicted molar refractivity (Wildman–Crippen MR) is 434 cm³/mol. The Balaban J connectivity index is 0.736. The standard InChI is InChI=1S/C84H80F2N18O12/c1-6-82(2,67(106)44-102-64-29-10-7-25-58(64)70(61-28-13-14-38-90-61)96-73(76(102)109)99-79(112)93-53-22-15-19-50(39-53)87-3)48-115-56-32-34-62(91-42-56)71-59-26-8-11-30-65(59)103(77(110)74(97-71)100-80(113)94-54-23-16-20-51(40-54)88-4)45-68(107)83(36-18-37-83)49-116-57-33-35-63(92-43-57)72-60-27-9-12-31-66(60)104(46-69(108)84(85,86)47-105)78(111)75(98-72)101-81(114)95-55-24-17-21-52(41-55)89-5/h6-17,19-35,38-43,73-75,87-89,105H,1,18,36-37,44-49H2,2-5H3,(H2,93,99,112)(H2,94,100,113)(H2,95,101,114)/t73-,74-,75-,82?/m0/s1. The highest BCUT2D eigenvalue weighted by Crippen LogP contribution is 2.44. The number of Topliss-reactive ketones (excluding diaryl/α,β-unsaturated/α-hetero) is 3. The molecule has 0 spiro atoms. The average Bonchev–Trinajstić information content (AvgIpc) is 1.54. The zero-order valence-corrected chi connectivity index (χ0v) is 63.2. The van der Waals surface area contributed by atoms with Crippen LogP contribution in [0, 0.1) is 10.8 Å². The van der Waals surface area contributed by atoms with Crippen LogP contribution in [0.15, 0.2) is 234 Å². The number of ketones is 3. The molecule has 9 aromatic rings. The van der Waals surface area contributed by atoms with Crippen LogP contribution in [-0.4, -0.2) is 175 Å². The van der Waals surface area contributed by atoms with E-state index in [0.717, 1.165) is 10.6 Å². The van der Waals surface area contributed by atoms with Crippen LogP contribution in [0.3, 0.4) is 0 Å². The number of nitrogens with zero attached hydrogens (tertiary/aromatic N) is 9. The quantitative estimate of drug-likeness (QED) is 0.0195. The topological polar surface area (TPSA) is 386 Å². The number of halogens is 2. The number of urea groups is 3. The number of carbonyl (C=O) groups is 9. The number of benzene rings is 6. The number of aliphatic hydroxyl groups excluding tert-OH is 1. The van der Waals surface area contributed by atoms with E-state index in [1.807, 2.05) is 6.07 Å². The SMILES string of the molecule is C=CC(C)(COc1ccc(C2=N[C@@H](NC(=O)Nc3cccc(NC)c3)C(=O)N(CC(=O)C3(COc4ccc(C5=N[C@@H](NC(=O)Nc6cccc(NC)c6)C(=O)N(CC(=O)C(F)(F)CO)c6ccccc65)nc4)CCC3)c3ccccc32)nc1)C(=O)CN1C(=O)[C@H](NC(=O)Nc2cccc(NC)c2)N=C(c2ccccn2)c2ccccc21. The second-order valence-electron chi connectivity index (χ2n) is 27.7. The van der Waals surface area contributed by atoms with Crippen LogP contribution in [0.25, 0.3) is 0 Å². The summed E-state index contributed by atoms with van der Waals surface area (Å²) in [5.41, 5.74) is 3.23. The second-order valence-corrected chi connectivity index (χ2v) is 27.7. The predicted octanol–water partition coefficient (Wildman–Crippen LogP) is 9.85. The van der Waals surface area contributed by atoms with Crippen LogP contribution in [0.4, 0.5) is 74.4 Å². The summed E-state index contributed by atoms with van der Waals surface area (Å²) < 4.78 is 42.2. The van der Waals surface area contributed by atoms with Gasteiger partial charge in [-0.2, -0.15) is 8.78 Å². The number of amides is 9. The molecule has 10 N–H and O–H groups in total. The molecule has 1 saturated carbocycles. The lowest BCUT2D eigenvalue weighted by Crippen LogP contribution is -2.53. The van der Waals surface area contributed by atoms with E-state index in [1.165, 1.54) is 58.6 Å². The van der Waals surface area contributed by atoms with Gasteiger partial charge in [0.2, 0.25) is 24.3 Å². The molecule has 0 saturated heterocycles. The molecular formula is C84H80F2N18O12. The van der Waals surface area contributed by atoms with Gasteiger partial charge >= 0.3 is 24.0 Å². The van der Waals surface area contributed by atoms with E-state index in [0.29, 0.717) is 70.2 Å². The van der Waals surface area contributed by atoms with Crippen LogP contribution in [0.2, 0.25) is 0 Å². The fourth-order valence-electron chi connectivity index (χ4n) is 13.3. The van der Waals surface area contributed by atoms with Crippen LogP contribution < -0.4 is 72.0 Å². The third-order valence-corrected chi connectivity index (χ3v) is 20.1. The number of hydrogen-bond donors (Lipinski definition) is 10. The van der Waals surface area contributed by atoms with E-state index < -0.39 is 109 Å². The summed E-state index contributed by atoms with van der Waals surface area (Å²) in [7, 11) is 5.13. The number of aromatic nitrogens is 3. The van der Waals surface area contributed by atoms with Crippen LogP contribution >= 0.6 is 0 Å². The Hall–Kier alpha value is -14.4. The number of para-hydroxylation sites is 3. The van der Waals surface area contributed by atoms with Gasteiger partial charge in [0.25, 0.3) is 17.7 Å². The van der Waals surface area contributed by atoms with E-state index >= 15 is 9.59 Å². The van der Waals surface area contributed by atoms with Gasteiger partial charge in [-0.3, -0.25) is 43.7 Å². The smallest absolute Gasteiger partial charge is 0.329 e. The van der Waals surface area contributed by atoms with Crippen molar-refractivity contribution in [2.45, 2.75) is 50.6 Å². The molecule has 116 heavy (non-hydrogen) atoms. The summed E-state index contributed by atoms with van der Waals surface area (Å²) in [6.45, 7) is 1.06. The van der Waals surface area contributed by atoms with Gasteiger partial charge in [0.05, 0.1) is 94.1 Å². The monoisotopic (exact) mass is 1570 g/mol. The van der Waals surface area contributed by atoms with Gasteiger partial charge in [-0.1, -0.05) is 91.4 Å². The van der Waals surface area contributed by atoms with Gasteiger partial charge in [-0.15, -0.1) is 6.58 Å². The number of aliphatic hydroxyl groups is 1. The number of pyridine rings is 3. The molecule has 1 fully saturated rings. The van der Waals surface area contributed by atoms with E-state index in [4.69, 9.17) is 24.4 Å². The molecular weight excluding hydrogens is 1490 g/mol. The molecule has 1 unspecified atom stereocenters. The van der Waals surface area contributed by atoms with Crippen molar-refractivity contribution < 1.29 is 66.5 Å². The summed E-state index contributed by atoms with van der Waals surface area (Å²) in [6.07, 6.45) is 2.02. The fraction of sp³-hybridized carbons (Fsp3) is 0.226. The number of carbonyl (C=O) groups excluding carboxylic acids is 9. The summed E-state index contributed by atoms with van der Waals surface area (Å²) >= 11 is 0. The minimum absolute atomic E-state index is 0.00285. The van der Waals surface area contributed by atoms with Crippen molar-refractivity contribution in [3.05, 3.63) is 253 Å². The van der Waals surface area contributed by atoms with Crippen LogP contribution in [-0.2, 0) is 28.8 Å². The number of alkyl halides is 2. The Labute approximate surface area is 664 Å². The van der Waals surface area contributed by atoms with Crippen LogP contribution in [0.1, 0.15) is 60.0 Å². The number of hydrogen-bond acceptors (Lipinski definition) is 21. The molecule has 3 aromatic heterocycles. The molecule has 30 nitrogen and oxygen atoms in total. The summed E-state index contributed by atoms with van der Waals surface area (Å²) in [6, 6.07) is 49.0. The Morgan fingerprint density at radius 3 is 1.26 bits per heavy atom. The van der Waals surface area contributed by atoms with E-state index in [9.17, 15) is 47.4 Å². The maximum Gasteiger partial charge on any atom is 0.329 e. The number of rotatable bonds is 29. The maximum absolute atomic E-state index is 15.4. The lowest BCUT2D eigenvalue weighted by Gasteiger charge is -2.41. The number of nitrogens with one attached hydrogen (secondary N) is 9. The molecule has 1 aliphatic carbocycles. The molecule has 0 bridgehead atoms. The van der Waals surface area contributed by atoms with E-state index in [-0.39, 0.29) is 76.0 Å². The molecule has 0 radical (unpaired) electrons. The summed E-state index contributed by atoms with van der Waals surface area (Å²) in [4.78, 5) is 161. The normalized spacial score (nSPS) is 16.6. The lowest BCUT2D eigenvalue weighted by atomic mass is 9.66. The lowest BCUT2D eigenvalue weighted by molar-refractivity contribution is -0.147. The first kappa shape index (κ1) is 79.6. The number of ether oxygens (including phenoxy) is 2. The third kappa shape index (κ3) is 17.6. The number of fused-ring (bicyclic) bond motifs is 3. The van der Waals surface area contributed by atoms with Crippen molar-refractivity contribution in [2.75, 3.05) is 107 Å². The number of benzodiazepines with no additional fused rings is 3. The summed E-state index contributed by atoms with van der Waals surface area (Å²) in [5, 5.41) is 34.5. The van der Waals surface area contributed by atoms with Gasteiger partial charge in [-0.05, 0) is 129 Å². The highest BCUT2D eigenvalue weighted by Gasteiger charge is 2.48. The molecule has 3 aliphatic heterocycles. The summed E-state index contributed by atoms with van der Waals surface area (Å²) in [5.74, 6) is -9.09. The minimum Gasteiger partial charge on any atom is -0.491 e. The van der Waals surface area contributed by atoms with E-state index in [2.05, 4.69) is 69.4 Å². The zero-order chi connectivity index (χ0) is 81.8. The molecule has 9 amide bonds. The van der Waals surface area contributed by atoms with Crippen molar-refractivity contribution in [3.63, 3.8) is 0 Å². The first-order valence-corrected chi connectivity index (χ1v) is 36.8.